The monoisotopic (exact) mass is 788 g/mol. The Hall–Kier alpha value is -6.80. The number of carboxylic acid groups (broad SMARTS) is 1. The van der Waals surface area contributed by atoms with Crippen LogP contribution in [0.5, 0.6) is 0 Å². The van der Waals surface area contributed by atoms with Gasteiger partial charge in [0, 0.05) is 34.9 Å². The fourth-order valence-corrected chi connectivity index (χ4v) is 3.67. The van der Waals surface area contributed by atoms with Gasteiger partial charge in [-0.3, -0.25) is 39.6 Å². The number of alkyl halides is 9. The molecule has 0 aliphatic carbocycles. The van der Waals surface area contributed by atoms with Crippen LogP contribution in [0.2, 0.25) is 0 Å². The maximum absolute atomic E-state index is 12.5. The molecule has 0 bridgehead atoms. The predicted octanol–water partition coefficient (Wildman–Crippen LogP) is 4.69. The van der Waals surface area contributed by atoms with Crippen LogP contribution in [0.25, 0.3) is 0 Å². The number of benzene rings is 3. The second-order valence-corrected chi connectivity index (χ2v) is 10.5. The zero-order chi connectivity index (χ0) is 41.6. The van der Waals surface area contributed by atoms with Crippen LogP contribution >= 0.6 is 0 Å². The van der Waals surface area contributed by atoms with Crippen molar-refractivity contribution in [3.8, 4) is 0 Å². The molecular formula is C34H25F9N4O8. The number of carbonyl (C=O) groups excluding carboxylic acids is 6. The molecule has 0 heterocycles. The first-order valence-electron chi connectivity index (χ1n) is 14.8. The van der Waals surface area contributed by atoms with E-state index in [0.717, 1.165) is 72.8 Å². The van der Waals surface area contributed by atoms with Crippen LogP contribution in [0, 0.1) is 0 Å². The Morgan fingerprint density at radius 2 is 0.873 bits per heavy atom. The van der Waals surface area contributed by atoms with E-state index >= 15 is 0 Å². The number of halogens is 9. The molecule has 0 atom stereocenters. The summed E-state index contributed by atoms with van der Waals surface area (Å²) in [6, 6.07) is 10.0. The average molecular weight is 789 g/mol. The molecule has 0 saturated heterocycles. The number of carboxylic acids is 1. The van der Waals surface area contributed by atoms with E-state index in [-0.39, 0.29) is 16.7 Å². The van der Waals surface area contributed by atoms with Crippen molar-refractivity contribution in [2.24, 2.45) is 0 Å². The average Bonchev–Trinajstić information content (AvgIpc) is 3.12. The van der Waals surface area contributed by atoms with Crippen LogP contribution in [-0.4, -0.2) is 59.4 Å². The number of hydrazine groups is 1. The lowest BCUT2D eigenvalue weighted by Gasteiger charge is -2.08. The van der Waals surface area contributed by atoms with E-state index in [1.807, 2.05) is 10.9 Å². The molecule has 3 rings (SSSR count). The summed E-state index contributed by atoms with van der Waals surface area (Å²) in [4.78, 5) is 80.0. The number of rotatable bonds is 11. The van der Waals surface area contributed by atoms with Gasteiger partial charge in [-0.25, -0.2) is 4.79 Å². The summed E-state index contributed by atoms with van der Waals surface area (Å²) in [5, 5.41) is 12.6. The van der Waals surface area contributed by atoms with Gasteiger partial charge in [-0.05, 0) is 66.7 Å². The van der Waals surface area contributed by atoms with E-state index in [1.165, 1.54) is 0 Å². The van der Waals surface area contributed by atoms with Crippen molar-refractivity contribution in [1.82, 2.24) is 21.5 Å². The molecule has 4 amide bonds. The van der Waals surface area contributed by atoms with E-state index in [9.17, 15) is 73.1 Å². The van der Waals surface area contributed by atoms with Gasteiger partial charge in [0.05, 0.1) is 29.8 Å². The van der Waals surface area contributed by atoms with E-state index in [1.54, 1.807) is 0 Å². The highest BCUT2D eigenvalue weighted by Gasteiger charge is 2.32. The van der Waals surface area contributed by atoms with Crippen LogP contribution in [-0.2, 0) is 37.7 Å². The third kappa shape index (κ3) is 15.8. The molecule has 3 aromatic carbocycles. The normalized spacial score (nSPS) is 11.6. The summed E-state index contributed by atoms with van der Waals surface area (Å²) in [7, 11) is 0. The number of hydrogen-bond acceptors (Lipinski definition) is 7. The number of aliphatic carboxylic acids is 1. The minimum Gasteiger partial charge on any atom is -0.478 e. The lowest BCUT2D eigenvalue weighted by molar-refractivity contribution is -0.138. The molecule has 0 spiro atoms. The highest BCUT2D eigenvalue weighted by molar-refractivity contribution is 6.03. The van der Waals surface area contributed by atoms with Crippen LogP contribution in [0.1, 0.15) is 47.8 Å². The van der Waals surface area contributed by atoms with Crippen molar-refractivity contribution >= 4 is 41.2 Å². The Labute approximate surface area is 303 Å². The van der Waals surface area contributed by atoms with E-state index in [0.29, 0.717) is 24.3 Å². The molecule has 0 aliphatic rings. The Balaban J connectivity index is 0.000000426. The number of nitrogens with one attached hydrogen (secondary N) is 4. The van der Waals surface area contributed by atoms with Crippen molar-refractivity contribution in [2.75, 3.05) is 13.1 Å². The molecule has 0 fully saturated rings. The topological polar surface area (TPSA) is 188 Å². The number of amides is 4. The van der Waals surface area contributed by atoms with E-state index in [4.69, 9.17) is 5.11 Å². The Kier molecular flexibility index (Phi) is 15.6. The molecule has 292 valence electrons. The van der Waals surface area contributed by atoms with E-state index in [2.05, 4.69) is 10.6 Å². The first-order valence-corrected chi connectivity index (χ1v) is 14.8. The van der Waals surface area contributed by atoms with Crippen LogP contribution in [0.15, 0.2) is 97.1 Å². The first kappa shape index (κ1) is 44.4. The molecule has 21 heteroatoms. The number of ketones is 2. The largest absolute Gasteiger partial charge is 0.478 e. The first-order chi connectivity index (χ1) is 25.5. The zero-order valence-electron chi connectivity index (χ0n) is 27.4. The molecule has 0 aliphatic heterocycles. The Bertz CT molecular complexity index is 1850. The third-order valence-corrected chi connectivity index (χ3v) is 6.43. The van der Waals surface area contributed by atoms with Gasteiger partial charge in [-0.15, -0.1) is 0 Å². The molecule has 0 radical (unpaired) electrons. The van der Waals surface area contributed by atoms with Gasteiger partial charge in [0.25, 0.3) is 17.7 Å². The maximum atomic E-state index is 12.5. The second kappa shape index (κ2) is 19.3. The lowest BCUT2D eigenvalue weighted by Crippen LogP contribution is -2.41. The minimum absolute atomic E-state index is 0.0435. The lowest BCUT2D eigenvalue weighted by atomic mass is 10.1. The fourth-order valence-electron chi connectivity index (χ4n) is 3.67. The molecule has 0 aromatic heterocycles. The molecule has 5 N–H and O–H groups in total. The standard InChI is InChI=1S/C21H15F6N3O4.C13H10F3NO4/c22-20(23,24)14-5-1-12(2-6-14)16(31)11-28-17(32)9-10-18(33)29-30-19(34)13-3-7-15(8-4-13)21(25,26)27;14-13(15,16)9-3-1-8(2-4-9)12(21)17-7-10(18)5-6-11(19)20/h1-10H,11H2,(H,28,32)(H,29,33)(H,30,34);1-6H,7H2,(H,17,21)(H,19,20)/b10-9-;6-5-. The van der Waals surface area contributed by atoms with Crippen molar-refractivity contribution in [3.05, 3.63) is 130 Å². The highest BCUT2D eigenvalue weighted by atomic mass is 19.4. The smallest absolute Gasteiger partial charge is 0.416 e. The third-order valence-electron chi connectivity index (χ3n) is 6.43. The summed E-state index contributed by atoms with van der Waals surface area (Å²) in [6.07, 6.45) is -10.8. The summed E-state index contributed by atoms with van der Waals surface area (Å²) >= 11 is 0. The Morgan fingerprint density at radius 1 is 0.473 bits per heavy atom. The number of Topliss-reactive ketones (excluding diaryl/α,β-unsaturated/α-hetero) is 1. The molecule has 0 saturated carbocycles. The molecule has 55 heavy (non-hydrogen) atoms. The quantitative estimate of drug-likeness (QED) is 0.0802. The summed E-state index contributed by atoms with van der Waals surface area (Å²) < 4.78 is 112. The molecule has 0 unspecified atom stereocenters. The SMILES string of the molecule is O=C(/C=C\C(=O)NNC(=O)c1ccc(C(F)(F)F)cc1)NCC(=O)c1ccc(C(F)(F)F)cc1.O=C(O)/C=C\C(=O)CNC(=O)c1ccc(C(F)(F)F)cc1. The predicted molar refractivity (Wildman–Crippen MR) is 171 cm³/mol. The van der Waals surface area contributed by atoms with Crippen molar-refractivity contribution in [3.63, 3.8) is 0 Å². The summed E-state index contributed by atoms with van der Waals surface area (Å²) in [5.41, 5.74) is 0.766. The van der Waals surface area contributed by atoms with Gasteiger partial charge in [0.2, 0.25) is 5.91 Å². The van der Waals surface area contributed by atoms with Gasteiger partial charge in [-0.2, -0.15) is 39.5 Å². The molecule has 3 aromatic rings. The number of carbonyl (C=O) groups is 7. The van der Waals surface area contributed by atoms with Gasteiger partial charge in [0.15, 0.2) is 11.6 Å². The molecular weight excluding hydrogens is 763 g/mol. The summed E-state index contributed by atoms with van der Waals surface area (Å²) in [5.74, 6) is -6.14. The Morgan fingerprint density at radius 3 is 1.29 bits per heavy atom. The highest BCUT2D eigenvalue weighted by Crippen LogP contribution is 2.30. The van der Waals surface area contributed by atoms with Crippen molar-refractivity contribution in [2.45, 2.75) is 18.5 Å². The van der Waals surface area contributed by atoms with Crippen molar-refractivity contribution in [1.29, 1.82) is 0 Å². The minimum atomic E-state index is -4.57. The fraction of sp³-hybridized carbons (Fsp3) is 0.147. The maximum Gasteiger partial charge on any atom is 0.416 e. The summed E-state index contributed by atoms with van der Waals surface area (Å²) in [6.45, 7) is -1.01. The van der Waals surface area contributed by atoms with E-state index < -0.39 is 89.5 Å². The number of hydrogen-bond donors (Lipinski definition) is 5. The zero-order valence-corrected chi connectivity index (χ0v) is 27.4. The van der Waals surface area contributed by atoms with Crippen LogP contribution in [0.3, 0.4) is 0 Å². The van der Waals surface area contributed by atoms with Crippen molar-refractivity contribution < 1.29 is 78.2 Å². The van der Waals surface area contributed by atoms with Gasteiger partial charge < -0.3 is 15.7 Å². The van der Waals surface area contributed by atoms with Crippen LogP contribution < -0.4 is 21.5 Å². The second-order valence-electron chi connectivity index (χ2n) is 10.5. The van der Waals surface area contributed by atoms with Gasteiger partial charge in [0.1, 0.15) is 0 Å². The van der Waals surface area contributed by atoms with Crippen LogP contribution in [0.4, 0.5) is 39.5 Å². The van der Waals surface area contributed by atoms with Gasteiger partial charge >= 0.3 is 24.5 Å². The van der Waals surface area contributed by atoms with Gasteiger partial charge in [-0.1, -0.05) is 12.1 Å². The molecule has 12 nitrogen and oxygen atoms in total.